The van der Waals surface area contributed by atoms with E-state index in [1.54, 1.807) is 0 Å². The molecule has 1 nitrogen and oxygen atoms in total. The van der Waals surface area contributed by atoms with Gasteiger partial charge < -0.3 is 5.32 Å². The van der Waals surface area contributed by atoms with Gasteiger partial charge in [-0.3, -0.25) is 0 Å². The Morgan fingerprint density at radius 1 is 1.15 bits per heavy atom. The molecule has 0 radical (unpaired) electrons. The molecule has 0 aromatic heterocycles. The van der Waals surface area contributed by atoms with Crippen LogP contribution in [0.4, 0.5) is 5.69 Å². The summed E-state index contributed by atoms with van der Waals surface area (Å²) in [5.41, 5.74) is 2.64. The number of hydrogen-bond acceptors (Lipinski definition) is 3. The average Bonchev–Trinajstić information content (AvgIpc) is 2.71. The van der Waals surface area contributed by atoms with Gasteiger partial charge in [0, 0.05) is 24.2 Å². The first-order chi connectivity index (χ1) is 6.40. The van der Waals surface area contributed by atoms with Crippen molar-refractivity contribution in [2.75, 3.05) is 23.9 Å². The zero-order valence-electron chi connectivity index (χ0n) is 7.62. The molecular weight excluding hydrogens is 198 g/mol. The summed E-state index contributed by atoms with van der Waals surface area (Å²) in [7, 11) is 1.95. The second kappa shape index (κ2) is 4.29. The molecule has 1 aromatic carbocycles. The maximum Gasteiger partial charge on any atom is 0.0751 e. The Labute approximate surface area is 87.7 Å². The van der Waals surface area contributed by atoms with Crippen LogP contribution in [0, 0.1) is 0 Å². The summed E-state index contributed by atoms with van der Waals surface area (Å²) in [5, 5.41) is 3.13. The molecule has 0 saturated carbocycles. The van der Waals surface area contributed by atoms with Crippen molar-refractivity contribution in [2.24, 2.45) is 0 Å². The molecule has 0 aliphatic carbocycles. The molecule has 1 aliphatic heterocycles. The van der Waals surface area contributed by atoms with Crippen LogP contribution in [0.25, 0.3) is 0 Å². The first kappa shape index (κ1) is 9.28. The Bertz CT molecular complexity index is 265. The normalized spacial score (nSPS) is 17.6. The lowest BCUT2D eigenvalue weighted by atomic mass is 10.2. The lowest BCUT2D eigenvalue weighted by Crippen LogP contribution is -1.89. The molecule has 1 fully saturated rings. The average molecular weight is 211 g/mol. The lowest BCUT2D eigenvalue weighted by molar-refractivity contribution is 1.38. The third kappa shape index (κ3) is 2.15. The Hall–Kier alpha value is -0.280. The standard InChI is InChI=1S/C10H13NS2/c1-11-9-4-2-8(3-5-9)10-12-6-7-13-10/h2-5,10-11H,6-7H2,1H3. The quantitative estimate of drug-likeness (QED) is 0.807. The largest absolute Gasteiger partial charge is 0.388 e. The molecular formula is C10H13NS2. The number of benzene rings is 1. The van der Waals surface area contributed by atoms with Crippen LogP contribution in [-0.4, -0.2) is 18.6 Å². The van der Waals surface area contributed by atoms with E-state index in [2.05, 4.69) is 53.1 Å². The van der Waals surface area contributed by atoms with Crippen LogP contribution in [0.15, 0.2) is 24.3 Å². The Kier molecular flexibility index (Phi) is 3.06. The van der Waals surface area contributed by atoms with Crippen LogP contribution in [-0.2, 0) is 0 Å². The molecule has 70 valence electrons. The van der Waals surface area contributed by atoms with Crippen LogP contribution in [0.3, 0.4) is 0 Å². The Balaban J connectivity index is 2.12. The van der Waals surface area contributed by atoms with Gasteiger partial charge in [-0.2, -0.15) is 0 Å². The van der Waals surface area contributed by atoms with Gasteiger partial charge in [0.2, 0.25) is 0 Å². The third-order valence-electron chi connectivity index (χ3n) is 2.09. The highest BCUT2D eigenvalue weighted by Gasteiger charge is 2.17. The number of rotatable bonds is 2. The third-order valence-corrected chi connectivity index (χ3v) is 5.20. The van der Waals surface area contributed by atoms with Crippen molar-refractivity contribution in [3.05, 3.63) is 29.8 Å². The number of anilines is 1. The van der Waals surface area contributed by atoms with Crippen molar-refractivity contribution >= 4 is 29.2 Å². The fourth-order valence-corrected chi connectivity index (χ4v) is 4.22. The molecule has 0 atom stereocenters. The maximum absolute atomic E-state index is 3.13. The van der Waals surface area contributed by atoms with Gasteiger partial charge in [-0.25, -0.2) is 0 Å². The predicted molar refractivity (Wildman–Crippen MR) is 63.6 cm³/mol. The van der Waals surface area contributed by atoms with Crippen LogP contribution >= 0.6 is 23.5 Å². The van der Waals surface area contributed by atoms with Crippen molar-refractivity contribution in [3.8, 4) is 0 Å². The van der Waals surface area contributed by atoms with E-state index in [0.717, 1.165) is 0 Å². The summed E-state index contributed by atoms with van der Waals surface area (Å²) in [6.07, 6.45) is 0. The highest BCUT2D eigenvalue weighted by molar-refractivity contribution is 8.19. The van der Waals surface area contributed by atoms with Crippen molar-refractivity contribution in [3.63, 3.8) is 0 Å². The number of thioether (sulfide) groups is 2. The minimum Gasteiger partial charge on any atom is -0.388 e. The molecule has 1 aliphatic rings. The maximum atomic E-state index is 3.13. The van der Waals surface area contributed by atoms with Crippen molar-refractivity contribution in [1.82, 2.24) is 0 Å². The van der Waals surface area contributed by atoms with Gasteiger partial charge >= 0.3 is 0 Å². The van der Waals surface area contributed by atoms with E-state index >= 15 is 0 Å². The molecule has 2 rings (SSSR count). The molecule has 1 saturated heterocycles. The molecule has 1 aromatic rings. The smallest absolute Gasteiger partial charge is 0.0751 e. The molecule has 0 amide bonds. The zero-order valence-corrected chi connectivity index (χ0v) is 9.25. The SMILES string of the molecule is CNc1ccc(C2SCCS2)cc1. The van der Waals surface area contributed by atoms with Crippen molar-refractivity contribution in [2.45, 2.75) is 4.58 Å². The number of nitrogens with one attached hydrogen (secondary N) is 1. The minimum atomic E-state index is 0.672. The molecule has 1 heterocycles. The van der Waals surface area contributed by atoms with Gasteiger partial charge in [-0.1, -0.05) is 12.1 Å². The van der Waals surface area contributed by atoms with E-state index in [4.69, 9.17) is 0 Å². The van der Waals surface area contributed by atoms with Crippen LogP contribution in [0.5, 0.6) is 0 Å². The van der Waals surface area contributed by atoms with Crippen molar-refractivity contribution in [1.29, 1.82) is 0 Å². The molecule has 0 bridgehead atoms. The second-order valence-electron chi connectivity index (χ2n) is 2.95. The van der Waals surface area contributed by atoms with Crippen LogP contribution < -0.4 is 5.32 Å². The molecule has 1 N–H and O–H groups in total. The summed E-state index contributed by atoms with van der Waals surface area (Å²) in [6, 6.07) is 8.74. The van der Waals surface area contributed by atoms with E-state index < -0.39 is 0 Å². The fourth-order valence-electron chi connectivity index (χ4n) is 1.36. The van der Waals surface area contributed by atoms with Crippen LogP contribution in [0.1, 0.15) is 10.1 Å². The fraction of sp³-hybridized carbons (Fsp3) is 0.400. The second-order valence-corrected chi connectivity index (χ2v) is 5.67. The zero-order chi connectivity index (χ0) is 9.10. The van der Waals surface area contributed by atoms with E-state index in [1.165, 1.54) is 22.8 Å². The van der Waals surface area contributed by atoms with Crippen LogP contribution in [0.2, 0.25) is 0 Å². The topological polar surface area (TPSA) is 12.0 Å². The van der Waals surface area contributed by atoms with E-state index in [9.17, 15) is 0 Å². The van der Waals surface area contributed by atoms with E-state index in [-0.39, 0.29) is 0 Å². The summed E-state index contributed by atoms with van der Waals surface area (Å²) in [4.78, 5) is 0. The highest BCUT2D eigenvalue weighted by Crippen LogP contribution is 2.45. The lowest BCUT2D eigenvalue weighted by Gasteiger charge is -2.08. The van der Waals surface area contributed by atoms with E-state index in [1.807, 2.05) is 7.05 Å². The van der Waals surface area contributed by atoms with E-state index in [0.29, 0.717) is 4.58 Å². The van der Waals surface area contributed by atoms with Gasteiger partial charge in [-0.05, 0) is 17.7 Å². The first-order valence-electron chi connectivity index (χ1n) is 4.41. The highest BCUT2D eigenvalue weighted by atomic mass is 32.2. The Morgan fingerprint density at radius 2 is 1.77 bits per heavy atom. The summed E-state index contributed by atoms with van der Waals surface area (Å²) in [6.45, 7) is 0. The molecule has 3 heteroatoms. The predicted octanol–water partition coefficient (Wildman–Crippen LogP) is 3.21. The summed E-state index contributed by atoms with van der Waals surface area (Å²) in [5.74, 6) is 2.59. The molecule has 13 heavy (non-hydrogen) atoms. The van der Waals surface area contributed by atoms with Gasteiger partial charge in [-0.15, -0.1) is 23.5 Å². The molecule has 0 spiro atoms. The minimum absolute atomic E-state index is 0.672. The van der Waals surface area contributed by atoms with Gasteiger partial charge in [0.05, 0.1) is 4.58 Å². The van der Waals surface area contributed by atoms with Gasteiger partial charge in [0.1, 0.15) is 0 Å². The Morgan fingerprint density at radius 3 is 2.31 bits per heavy atom. The summed E-state index contributed by atoms with van der Waals surface area (Å²) >= 11 is 4.10. The molecule has 0 unspecified atom stereocenters. The van der Waals surface area contributed by atoms with Gasteiger partial charge in [0.25, 0.3) is 0 Å². The summed E-state index contributed by atoms with van der Waals surface area (Å²) < 4.78 is 0.672. The monoisotopic (exact) mass is 211 g/mol. The first-order valence-corrected chi connectivity index (χ1v) is 6.51. The van der Waals surface area contributed by atoms with Crippen molar-refractivity contribution < 1.29 is 0 Å². The van der Waals surface area contributed by atoms with Gasteiger partial charge in [0.15, 0.2) is 0 Å². The number of hydrogen-bond donors (Lipinski definition) is 1.